The molecule has 3 saturated heterocycles. The predicted octanol–water partition coefficient (Wildman–Crippen LogP) is -2.94. The maximum absolute atomic E-state index is 15.7. The number of phenolic OH excluding ortho intramolecular Hbond substituents is 1. The van der Waals surface area contributed by atoms with Crippen LogP contribution in [0, 0.1) is 5.92 Å². The van der Waals surface area contributed by atoms with E-state index in [2.05, 4.69) is 63.1 Å². The fraction of sp³-hybridized carbons (Fsp3) is 0.528. The minimum atomic E-state index is -2.09. The summed E-state index contributed by atoms with van der Waals surface area (Å²) in [5, 5.41) is 68.4. The number of unbranched alkanes of at least 4 members (excludes halogenated alkanes) is 2. The molecule has 728 valence electrons. The lowest BCUT2D eigenvalue weighted by atomic mass is 9.99. The molecule has 0 radical (unpaired) electrons. The minimum Gasteiger partial charge on any atom is -0.508 e. The van der Waals surface area contributed by atoms with Crippen LogP contribution in [0.15, 0.2) is 85.2 Å². The molecule has 2 aromatic heterocycles. The van der Waals surface area contributed by atoms with Crippen LogP contribution >= 0.6 is 11.8 Å². The molecule has 0 aliphatic carbocycles. The molecule has 15 atom stereocenters. The van der Waals surface area contributed by atoms with Crippen LogP contribution < -0.4 is 70.4 Å². The second-order valence-corrected chi connectivity index (χ2v) is 35.3. The van der Waals surface area contributed by atoms with E-state index in [4.69, 9.17) is 17.2 Å². The lowest BCUT2D eigenvalue weighted by molar-refractivity contribution is -0.149. The van der Waals surface area contributed by atoms with Crippen molar-refractivity contribution >= 4 is 152 Å². The molecule has 3 aromatic carbocycles. The molecule has 8 rings (SSSR count). The maximum Gasteiger partial charge on any atom is 0.305 e. The number of nitrogens with one attached hydrogen (secondary N) is 12. The number of nitrogens with zero attached hydrogens (tertiary/aromatic N) is 5. The molecule has 44 nitrogen and oxygen atoms in total. The summed E-state index contributed by atoms with van der Waals surface area (Å²) in [5.41, 5.74) is 19.0. The Morgan fingerprint density at radius 3 is 1.57 bits per heavy atom. The zero-order chi connectivity index (χ0) is 98.6. The molecule has 5 heterocycles. The molecule has 3 aliphatic rings. The number of amides is 18. The van der Waals surface area contributed by atoms with E-state index in [0.717, 1.165) is 24.5 Å². The summed E-state index contributed by atoms with van der Waals surface area (Å²) in [4.78, 5) is 298. The number of fused-ring (bicyclic) bond motifs is 4. The van der Waals surface area contributed by atoms with Gasteiger partial charge in [0.25, 0.3) is 0 Å². The normalized spacial score (nSPS) is 24.8. The lowest BCUT2D eigenvalue weighted by Crippen LogP contribution is -2.61. The van der Waals surface area contributed by atoms with Gasteiger partial charge in [0.1, 0.15) is 90.3 Å². The van der Waals surface area contributed by atoms with Gasteiger partial charge in [-0.25, -0.2) is 0 Å². The van der Waals surface area contributed by atoms with Crippen LogP contribution in [0.5, 0.6) is 5.75 Å². The zero-order valence-electron chi connectivity index (χ0n) is 75.9. The van der Waals surface area contributed by atoms with E-state index >= 15 is 33.6 Å². The third-order valence-electron chi connectivity index (χ3n) is 23.6. The molecular formula is C89H122N20O24S. The molecule has 18 amide bonds. The SMILES string of the molecule is CCCC[C@H]1C(=O)N(C)[C@@H](CCCC)C(=O)N[C@@H](CCC(=O)O)C(=O)NC(C(=O)NCC(N)=O)CSCC(=O)N[C@@H](Cc2ccc(O)cc2)C(=O)N(C)[C@@H](C)C(=O)N[C@@H](CC(N)=O)C(=O)N2CCC[C@H]2C(=O)N[C@@H](CC(N)=O)C(=O)N[C@@H](CC(C)C)C(=O)N2C[C@H](O)C[C@H]2C(=O)N[C@@H](Cc2c[nH]c3ccccc23)C(=O)N[C@@H](CC(=O)O)C(=O)N[C@@H](Cc2c[nH]c3ccccc23)C(=O)N1C. The molecule has 22 N–H and O–H groups in total. The molecule has 0 bridgehead atoms. The number of aromatic amines is 2. The monoisotopic (exact) mass is 1890 g/mol. The predicted molar refractivity (Wildman–Crippen MR) is 484 cm³/mol. The number of primary amides is 3. The first-order valence-corrected chi connectivity index (χ1v) is 45.5. The molecule has 1 unspecified atom stereocenters. The Morgan fingerprint density at radius 2 is 0.993 bits per heavy atom. The number of aliphatic hydroxyl groups is 1. The van der Waals surface area contributed by atoms with Crippen molar-refractivity contribution in [1.82, 2.24) is 87.6 Å². The van der Waals surface area contributed by atoms with Crippen molar-refractivity contribution in [3.05, 3.63) is 102 Å². The molecule has 45 heteroatoms. The number of phenols is 1. The van der Waals surface area contributed by atoms with Gasteiger partial charge in [-0.2, -0.15) is 0 Å². The number of H-pyrrole nitrogens is 2. The van der Waals surface area contributed by atoms with Gasteiger partial charge in [-0.15, -0.1) is 11.8 Å². The van der Waals surface area contributed by atoms with Crippen LogP contribution in [0.25, 0.3) is 21.8 Å². The van der Waals surface area contributed by atoms with E-state index < -0.39 is 284 Å². The van der Waals surface area contributed by atoms with Crippen molar-refractivity contribution in [2.24, 2.45) is 23.1 Å². The fourth-order valence-corrected chi connectivity index (χ4v) is 17.2. The van der Waals surface area contributed by atoms with Crippen LogP contribution in [0.4, 0.5) is 0 Å². The number of carboxylic acids is 2. The van der Waals surface area contributed by atoms with Gasteiger partial charge in [-0.05, 0) is 92.3 Å². The molecule has 0 spiro atoms. The highest BCUT2D eigenvalue weighted by molar-refractivity contribution is 8.00. The van der Waals surface area contributed by atoms with Crippen LogP contribution in [-0.2, 0) is 115 Å². The number of carbonyl (C=O) groups is 20. The molecule has 134 heavy (non-hydrogen) atoms. The van der Waals surface area contributed by atoms with Crippen molar-refractivity contribution < 1.29 is 116 Å². The van der Waals surface area contributed by atoms with Crippen molar-refractivity contribution in [2.45, 2.75) is 241 Å². The largest absolute Gasteiger partial charge is 0.508 e. The number of carboxylic acid groups (broad SMARTS) is 2. The number of thioether (sulfide) groups is 1. The number of rotatable bonds is 26. The number of aromatic nitrogens is 2. The Labute approximate surface area is 776 Å². The van der Waals surface area contributed by atoms with Crippen molar-refractivity contribution in [1.29, 1.82) is 0 Å². The summed E-state index contributed by atoms with van der Waals surface area (Å²) in [7, 11) is 3.69. The number of hydrogen-bond acceptors (Lipinski definition) is 23. The molecule has 0 saturated carbocycles. The fourth-order valence-electron chi connectivity index (χ4n) is 16.3. The molecule has 3 fully saturated rings. The van der Waals surface area contributed by atoms with Crippen LogP contribution in [0.1, 0.15) is 148 Å². The van der Waals surface area contributed by atoms with E-state index in [9.17, 15) is 82.8 Å². The van der Waals surface area contributed by atoms with Gasteiger partial charge in [-0.1, -0.05) is 102 Å². The van der Waals surface area contributed by atoms with E-state index in [1.807, 2.05) is 0 Å². The van der Waals surface area contributed by atoms with Crippen LogP contribution in [0.2, 0.25) is 0 Å². The molecule has 3 aliphatic heterocycles. The first kappa shape index (κ1) is 106. The highest BCUT2D eigenvalue weighted by atomic mass is 32.2. The average molecular weight is 1890 g/mol. The summed E-state index contributed by atoms with van der Waals surface area (Å²) in [6, 6.07) is -4.73. The van der Waals surface area contributed by atoms with E-state index in [1.54, 1.807) is 82.4 Å². The Balaban J connectivity index is 1.21. The lowest BCUT2D eigenvalue weighted by Gasteiger charge is -2.36. The number of hydrogen-bond donors (Lipinski definition) is 19. The summed E-state index contributed by atoms with van der Waals surface area (Å²) in [5.74, 6) is -24.0. The van der Waals surface area contributed by atoms with Crippen molar-refractivity contribution in [3.63, 3.8) is 0 Å². The molecular weight excluding hydrogens is 1770 g/mol. The van der Waals surface area contributed by atoms with Gasteiger partial charge in [0.05, 0.1) is 37.7 Å². The van der Waals surface area contributed by atoms with E-state index in [1.165, 1.54) is 58.5 Å². The second-order valence-electron chi connectivity index (χ2n) is 34.2. The number of aliphatic carboxylic acids is 2. The summed E-state index contributed by atoms with van der Waals surface area (Å²) in [6.45, 7) is 6.58. The quantitative estimate of drug-likeness (QED) is 0.0263. The molecule has 5 aromatic rings. The van der Waals surface area contributed by atoms with Gasteiger partial charge < -0.3 is 125 Å². The number of aliphatic hydroxyl groups excluding tert-OH is 1. The van der Waals surface area contributed by atoms with Gasteiger partial charge in [0.2, 0.25) is 106 Å². The first-order valence-electron chi connectivity index (χ1n) is 44.3. The van der Waals surface area contributed by atoms with Crippen LogP contribution in [0.3, 0.4) is 0 Å². The van der Waals surface area contributed by atoms with Gasteiger partial charge in [0, 0.05) is 106 Å². The number of para-hydroxylation sites is 2. The summed E-state index contributed by atoms with van der Waals surface area (Å²) >= 11 is 0.683. The second kappa shape index (κ2) is 49.7. The van der Waals surface area contributed by atoms with Crippen LogP contribution in [-0.4, -0.2) is 316 Å². The average Bonchev–Trinajstić information content (AvgIpc) is 1.62. The van der Waals surface area contributed by atoms with Gasteiger partial charge in [0.15, 0.2) is 0 Å². The summed E-state index contributed by atoms with van der Waals surface area (Å²) in [6.07, 6.45) is -3.42. The summed E-state index contributed by atoms with van der Waals surface area (Å²) < 4.78 is 0. The number of aromatic hydroxyl groups is 1. The Kier molecular flexibility index (Phi) is 39.1. The zero-order valence-corrected chi connectivity index (χ0v) is 76.7. The Bertz CT molecular complexity index is 5140. The Hall–Kier alpha value is -13.8. The van der Waals surface area contributed by atoms with Crippen molar-refractivity contribution in [2.75, 3.05) is 52.3 Å². The highest BCUT2D eigenvalue weighted by Gasteiger charge is 2.47. The third kappa shape index (κ3) is 29.6. The van der Waals surface area contributed by atoms with Crippen molar-refractivity contribution in [3.8, 4) is 5.75 Å². The first-order chi connectivity index (χ1) is 63.5. The number of nitrogens with two attached hydrogens (primary N) is 3. The standard InChI is InChI=1S/C89H122N20O24S/c1-9-11-22-66-82(126)97-57(29-30-74(116)117)78(122)104-65(77(121)95-42-72(92)114)44-134-45-73(115)96-62(33-48-25-27-51(110)28-26-48)85(129)105(6)47(5)76(120)101-64(38-71(91)113)87(131)108-31-17-24-67(108)83(127)100-59(37-70(90)112)80(124)102-61(32-46(3)4)88(132)109-43-52(111)36-69(109)84(128)99-58(34-49-40-93-55-20-15-13-18-53(49)55)79(123)98-60(39-75(118)119)81(125)103-63(35-50-41-94-56-21-16-14-19-54(50)56)86(130)107(8)68(23-12-10-2)89(133)106(66)7/h13-16,18-21,25-28,40-41,46-47,52,57-69,93-94,110-111H,9-12,17,22-24,29-39,42-45H2,1-8H3,(H2,90,112)(H2,91,113)(H2,92,114)(H,95,121)(H,96,115)(H,97,126)(H,98,123)(H,99,128)(H,100,127)(H,101,120)(H,102,124)(H,103,125)(H,104,122)(H,116,117)(H,118,119)/t47-,52+,57-,58-,59-,60-,61-,62-,63-,64-,65?,66-,67-,68-,69-/m0/s1. The number of carbonyl (C=O) groups excluding carboxylic acids is 18. The highest BCUT2D eigenvalue weighted by Crippen LogP contribution is 2.28. The smallest absolute Gasteiger partial charge is 0.305 e. The van der Waals surface area contributed by atoms with E-state index in [-0.39, 0.29) is 70.1 Å². The number of benzene rings is 3. The minimum absolute atomic E-state index is 0.0936. The topological polar surface area (TPSA) is 668 Å². The third-order valence-corrected chi connectivity index (χ3v) is 24.6. The maximum atomic E-state index is 15.7. The van der Waals surface area contributed by atoms with E-state index in [0.29, 0.717) is 63.1 Å². The van der Waals surface area contributed by atoms with Gasteiger partial charge in [-0.3, -0.25) is 95.9 Å². The van der Waals surface area contributed by atoms with Gasteiger partial charge >= 0.3 is 11.9 Å². The Morgan fingerprint density at radius 1 is 0.500 bits per heavy atom. The number of likely N-dealkylation sites (N-methyl/N-ethyl adjacent to an activating group) is 3.